The molecule has 0 radical (unpaired) electrons. The van der Waals surface area contributed by atoms with Crippen LogP contribution in [0.1, 0.15) is 62.2 Å². The average Bonchev–Trinajstić information content (AvgIpc) is 3.37. The third-order valence-electron chi connectivity index (χ3n) is 7.69. The Balaban J connectivity index is 1.49. The first-order valence-electron chi connectivity index (χ1n) is 11.9. The van der Waals surface area contributed by atoms with E-state index in [2.05, 4.69) is 33.6 Å². The third kappa shape index (κ3) is 3.51. The number of hydrogen-bond donors (Lipinski definition) is 0. The van der Waals surface area contributed by atoms with Crippen molar-refractivity contribution >= 4 is 16.8 Å². The van der Waals surface area contributed by atoms with Crippen molar-refractivity contribution in [3.05, 3.63) is 30.0 Å². The second-order valence-corrected chi connectivity index (χ2v) is 9.65. The van der Waals surface area contributed by atoms with Gasteiger partial charge in [0.25, 0.3) is 5.91 Å². The standard InChI is InChI=1S/C25H35N3O2/c1-18-14-26-13-7-10-20(26)16-28(18)25(29)22-17-27(15-19-8-4-3-5-9-19)24-21(22)11-6-12-23(24)30-2/h6,11-12,17-20H,3-5,7-10,13-16H2,1-2H3/t18-,20-/m0/s1. The van der Waals surface area contributed by atoms with Crippen molar-refractivity contribution in [3.8, 4) is 5.75 Å². The van der Waals surface area contributed by atoms with E-state index in [4.69, 9.17) is 4.74 Å². The van der Waals surface area contributed by atoms with Gasteiger partial charge in [-0.2, -0.15) is 0 Å². The number of ether oxygens (including phenoxy) is 1. The molecule has 3 aliphatic rings. The van der Waals surface area contributed by atoms with Gasteiger partial charge in [-0.05, 0) is 51.1 Å². The molecule has 5 rings (SSSR count). The Morgan fingerprint density at radius 3 is 2.73 bits per heavy atom. The van der Waals surface area contributed by atoms with E-state index in [9.17, 15) is 4.79 Å². The molecule has 1 amide bonds. The highest BCUT2D eigenvalue weighted by molar-refractivity contribution is 6.08. The first-order valence-corrected chi connectivity index (χ1v) is 11.9. The molecule has 2 aromatic rings. The van der Waals surface area contributed by atoms with Gasteiger partial charge in [0.05, 0.1) is 18.2 Å². The van der Waals surface area contributed by atoms with Gasteiger partial charge in [0.15, 0.2) is 0 Å². The number of benzene rings is 1. The number of para-hydroxylation sites is 1. The number of carbonyl (C=O) groups excluding carboxylic acids is 1. The van der Waals surface area contributed by atoms with Crippen LogP contribution in [0.5, 0.6) is 5.75 Å². The summed E-state index contributed by atoms with van der Waals surface area (Å²) in [5, 5.41) is 1.04. The molecule has 1 aromatic heterocycles. The number of carbonyl (C=O) groups is 1. The molecule has 5 heteroatoms. The summed E-state index contributed by atoms with van der Waals surface area (Å²) in [4.78, 5) is 18.5. The van der Waals surface area contributed by atoms with Gasteiger partial charge in [0.1, 0.15) is 5.75 Å². The van der Waals surface area contributed by atoms with Crippen LogP contribution in [0.4, 0.5) is 0 Å². The van der Waals surface area contributed by atoms with Crippen molar-refractivity contribution in [1.29, 1.82) is 0 Å². The minimum Gasteiger partial charge on any atom is -0.495 e. The number of nitrogens with zero attached hydrogens (tertiary/aromatic N) is 3. The van der Waals surface area contributed by atoms with E-state index in [1.54, 1.807) is 7.11 Å². The van der Waals surface area contributed by atoms with Crippen LogP contribution < -0.4 is 4.74 Å². The lowest BCUT2D eigenvalue weighted by molar-refractivity contribution is 0.0397. The monoisotopic (exact) mass is 409 g/mol. The molecule has 0 N–H and O–H groups in total. The summed E-state index contributed by atoms with van der Waals surface area (Å²) in [7, 11) is 1.73. The molecule has 30 heavy (non-hydrogen) atoms. The maximum Gasteiger partial charge on any atom is 0.256 e. The Morgan fingerprint density at radius 2 is 1.93 bits per heavy atom. The second kappa shape index (κ2) is 8.26. The van der Waals surface area contributed by atoms with Crippen LogP contribution in [0, 0.1) is 5.92 Å². The first kappa shape index (κ1) is 19.9. The molecule has 1 saturated carbocycles. The van der Waals surface area contributed by atoms with Crippen molar-refractivity contribution in [2.45, 2.75) is 70.5 Å². The quantitative estimate of drug-likeness (QED) is 0.744. The first-order chi connectivity index (χ1) is 14.7. The van der Waals surface area contributed by atoms with Gasteiger partial charge in [-0.3, -0.25) is 9.69 Å². The van der Waals surface area contributed by atoms with Crippen LogP contribution in [0.2, 0.25) is 0 Å². The number of rotatable bonds is 4. The number of piperazine rings is 1. The minimum absolute atomic E-state index is 0.190. The third-order valence-corrected chi connectivity index (χ3v) is 7.69. The van der Waals surface area contributed by atoms with Crippen molar-refractivity contribution in [2.24, 2.45) is 5.92 Å². The Labute approximate surface area is 180 Å². The predicted molar refractivity (Wildman–Crippen MR) is 120 cm³/mol. The molecule has 1 aromatic carbocycles. The number of amides is 1. The van der Waals surface area contributed by atoms with E-state index in [1.807, 2.05) is 12.1 Å². The summed E-state index contributed by atoms with van der Waals surface area (Å²) in [5.41, 5.74) is 1.93. The smallest absolute Gasteiger partial charge is 0.256 e. The van der Waals surface area contributed by atoms with E-state index < -0.39 is 0 Å². The Bertz CT molecular complexity index is 914. The maximum absolute atomic E-state index is 13.8. The molecule has 2 saturated heterocycles. The van der Waals surface area contributed by atoms with Crippen molar-refractivity contribution in [2.75, 3.05) is 26.7 Å². The van der Waals surface area contributed by atoms with E-state index in [0.29, 0.717) is 12.0 Å². The van der Waals surface area contributed by atoms with Gasteiger partial charge in [-0.1, -0.05) is 31.4 Å². The molecule has 162 valence electrons. The lowest BCUT2D eigenvalue weighted by Gasteiger charge is -2.42. The molecule has 2 aliphatic heterocycles. The molecule has 3 heterocycles. The summed E-state index contributed by atoms with van der Waals surface area (Å²) in [6.07, 6.45) is 11.2. The Kier molecular flexibility index (Phi) is 5.48. The fourth-order valence-electron chi connectivity index (χ4n) is 6.08. The van der Waals surface area contributed by atoms with Crippen molar-refractivity contribution in [3.63, 3.8) is 0 Å². The summed E-state index contributed by atoms with van der Waals surface area (Å²) in [6.45, 7) is 6.24. The van der Waals surface area contributed by atoms with Gasteiger partial charge < -0.3 is 14.2 Å². The highest BCUT2D eigenvalue weighted by atomic mass is 16.5. The van der Waals surface area contributed by atoms with Crippen LogP contribution in [-0.4, -0.2) is 59.1 Å². The molecule has 3 fully saturated rings. The Morgan fingerprint density at radius 1 is 1.10 bits per heavy atom. The highest BCUT2D eigenvalue weighted by Gasteiger charge is 2.37. The number of hydrogen-bond acceptors (Lipinski definition) is 3. The lowest BCUT2D eigenvalue weighted by atomic mass is 9.89. The van der Waals surface area contributed by atoms with E-state index in [-0.39, 0.29) is 11.9 Å². The predicted octanol–water partition coefficient (Wildman–Crippen LogP) is 4.54. The fourth-order valence-corrected chi connectivity index (χ4v) is 6.08. The summed E-state index contributed by atoms with van der Waals surface area (Å²) in [5.74, 6) is 1.76. The van der Waals surface area contributed by atoms with Crippen molar-refractivity contribution in [1.82, 2.24) is 14.4 Å². The zero-order valence-electron chi connectivity index (χ0n) is 18.5. The SMILES string of the molecule is COc1cccc2c(C(=O)N3C[C@@H]4CCCN4C[C@@H]3C)cn(CC3CCCCC3)c12. The average molecular weight is 410 g/mol. The summed E-state index contributed by atoms with van der Waals surface area (Å²) in [6, 6.07) is 6.93. The summed E-state index contributed by atoms with van der Waals surface area (Å²) >= 11 is 0. The fraction of sp³-hybridized carbons (Fsp3) is 0.640. The molecule has 0 unspecified atom stereocenters. The van der Waals surface area contributed by atoms with Crippen LogP contribution in [0.3, 0.4) is 0 Å². The normalized spacial score (nSPS) is 25.6. The number of fused-ring (bicyclic) bond motifs is 2. The van der Waals surface area contributed by atoms with Gasteiger partial charge in [-0.15, -0.1) is 0 Å². The van der Waals surface area contributed by atoms with Gasteiger partial charge >= 0.3 is 0 Å². The van der Waals surface area contributed by atoms with Gasteiger partial charge in [-0.25, -0.2) is 0 Å². The Hall–Kier alpha value is -2.01. The number of methoxy groups -OCH3 is 1. The zero-order valence-corrected chi connectivity index (χ0v) is 18.5. The van der Waals surface area contributed by atoms with E-state index in [0.717, 1.165) is 41.9 Å². The van der Waals surface area contributed by atoms with Crippen LogP contribution in [0.25, 0.3) is 10.9 Å². The van der Waals surface area contributed by atoms with Crippen LogP contribution >= 0.6 is 0 Å². The maximum atomic E-state index is 13.8. The zero-order chi connectivity index (χ0) is 20.7. The minimum atomic E-state index is 0.190. The highest BCUT2D eigenvalue weighted by Crippen LogP contribution is 2.34. The topological polar surface area (TPSA) is 37.7 Å². The van der Waals surface area contributed by atoms with Gasteiger partial charge in [0.2, 0.25) is 0 Å². The van der Waals surface area contributed by atoms with Crippen LogP contribution in [-0.2, 0) is 6.54 Å². The molecular formula is C25H35N3O2. The molecule has 0 spiro atoms. The lowest BCUT2D eigenvalue weighted by Crippen LogP contribution is -2.56. The van der Waals surface area contributed by atoms with Crippen molar-refractivity contribution < 1.29 is 9.53 Å². The van der Waals surface area contributed by atoms with Gasteiger partial charge in [0, 0.05) is 43.3 Å². The molecule has 5 nitrogen and oxygen atoms in total. The molecule has 1 aliphatic carbocycles. The molecule has 0 bridgehead atoms. The van der Waals surface area contributed by atoms with Crippen LogP contribution in [0.15, 0.2) is 24.4 Å². The number of aromatic nitrogens is 1. The molecule has 2 atom stereocenters. The second-order valence-electron chi connectivity index (χ2n) is 9.65. The largest absolute Gasteiger partial charge is 0.495 e. The van der Waals surface area contributed by atoms with E-state index >= 15 is 0 Å². The summed E-state index contributed by atoms with van der Waals surface area (Å²) < 4.78 is 8.03. The van der Waals surface area contributed by atoms with E-state index in [1.165, 1.54) is 51.5 Å². The molecular weight excluding hydrogens is 374 g/mol.